The lowest BCUT2D eigenvalue weighted by Gasteiger charge is -2.23. The standard InChI is InChI=1S/C30H47O2PS/c1-4-7-10-13-19-26-22-18-24-29(28(26)23-15-12-9-6-3)32-33(31,34)30-25-17-16-21-27(30)20-14-11-8-5-2/h16-18,21-22,24-25H,4-15,19-20,23H2,1-3H3,(H,31,34). The van der Waals surface area contributed by atoms with Gasteiger partial charge in [0.05, 0.1) is 5.30 Å². The number of rotatable bonds is 18. The van der Waals surface area contributed by atoms with Crippen molar-refractivity contribution >= 4 is 23.6 Å². The molecule has 2 aromatic rings. The van der Waals surface area contributed by atoms with Crippen LogP contribution in [-0.2, 0) is 31.1 Å². The first-order valence-electron chi connectivity index (χ1n) is 13.7. The highest BCUT2D eigenvalue weighted by Crippen LogP contribution is 2.45. The van der Waals surface area contributed by atoms with Crippen LogP contribution in [0, 0.1) is 0 Å². The molecule has 190 valence electrons. The second-order valence-electron chi connectivity index (χ2n) is 9.57. The highest BCUT2D eigenvalue weighted by Gasteiger charge is 2.24. The highest BCUT2D eigenvalue weighted by atomic mass is 32.5. The van der Waals surface area contributed by atoms with E-state index in [9.17, 15) is 4.89 Å². The number of hydrogen-bond acceptors (Lipinski definition) is 2. The fourth-order valence-corrected chi connectivity index (χ4v) is 6.74. The monoisotopic (exact) mass is 502 g/mol. The van der Waals surface area contributed by atoms with E-state index in [4.69, 9.17) is 16.3 Å². The Hall–Kier alpha value is -1.15. The van der Waals surface area contributed by atoms with E-state index < -0.39 is 6.49 Å². The van der Waals surface area contributed by atoms with Crippen molar-refractivity contribution in [3.63, 3.8) is 0 Å². The van der Waals surface area contributed by atoms with Crippen LogP contribution in [0.1, 0.15) is 115 Å². The fraction of sp³-hybridized carbons (Fsp3) is 0.600. The molecule has 0 amide bonds. The van der Waals surface area contributed by atoms with Gasteiger partial charge < -0.3 is 9.42 Å². The summed E-state index contributed by atoms with van der Waals surface area (Å²) >= 11 is 5.80. The maximum Gasteiger partial charge on any atom is 0.266 e. The van der Waals surface area contributed by atoms with E-state index in [1.165, 1.54) is 75.3 Å². The van der Waals surface area contributed by atoms with Crippen LogP contribution in [0.2, 0.25) is 0 Å². The van der Waals surface area contributed by atoms with E-state index >= 15 is 0 Å². The SMILES string of the molecule is CCCCCCc1ccccc1P(O)(=S)Oc1cccc(CCCCCC)c1CCCCCC. The molecule has 1 unspecified atom stereocenters. The molecule has 0 radical (unpaired) electrons. The third kappa shape index (κ3) is 9.84. The fourth-order valence-electron chi connectivity index (χ4n) is 4.61. The van der Waals surface area contributed by atoms with Crippen molar-refractivity contribution in [3.8, 4) is 5.75 Å². The van der Waals surface area contributed by atoms with Crippen LogP contribution in [0.4, 0.5) is 0 Å². The summed E-state index contributed by atoms with van der Waals surface area (Å²) in [5.41, 5.74) is 3.77. The summed E-state index contributed by atoms with van der Waals surface area (Å²) in [5.74, 6) is 0.802. The lowest BCUT2D eigenvalue weighted by atomic mass is 9.96. The van der Waals surface area contributed by atoms with Gasteiger partial charge in [-0.05, 0) is 79.2 Å². The molecule has 1 N–H and O–H groups in total. The van der Waals surface area contributed by atoms with Crippen LogP contribution in [0.15, 0.2) is 42.5 Å². The van der Waals surface area contributed by atoms with Gasteiger partial charge in [0, 0.05) is 0 Å². The minimum Gasteiger partial charge on any atom is -0.440 e. The molecule has 0 saturated heterocycles. The summed E-state index contributed by atoms with van der Waals surface area (Å²) in [6, 6.07) is 14.4. The van der Waals surface area contributed by atoms with E-state index in [0.29, 0.717) is 0 Å². The molecule has 2 rings (SSSR count). The van der Waals surface area contributed by atoms with Crippen molar-refractivity contribution in [2.24, 2.45) is 0 Å². The molecule has 1 atom stereocenters. The predicted octanol–water partition coefficient (Wildman–Crippen LogP) is 9.06. The Kier molecular flexibility index (Phi) is 14.1. The number of aryl methyl sites for hydroxylation is 2. The summed E-state index contributed by atoms with van der Waals surface area (Å²) in [6.45, 7) is 3.58. The van der Waals surface area contributed by atoms with E-state index in [-0.39, 0.29) is 0 Å². The summed E-state index contributed by atoms with van der Waals surface area (Å²) < 4.78 is 6.39. The first kappa shape index (κ1) is 29.1. The van der Waals surface area contributed by atoms with Gasteiger partial charge in [-0.15, -0.1) is 0 Å². The lowest BCUT2D eigenvalue weighted by molar-refractivity contribution is 0.489. The maximum absolute atomic E-state index is 11.5. The molecule has 0 heterocycles. The molecule has 0 aliphatic carbocycles. The minimum absolute atomic E-state index is 0.802. The van der Waals surface area contributed by atoms with Gasteiger partial charge in [0.15, 0.2) is 0 Å². The van der Waals surface area contributed by atoms with Gasteiger partial charge in [-0.2, -0.15) is 0 Å². The highest BCUT2D eigenvalue weighted by molar-refractivity contribution is 8.13. The van der Waals surface area contributed by atoms with E-state index in [1.807, 2.05) is 24.3 Å². The van der Waals surface area contributed by atoms with Gasteiger partial charge in [0.1, 0.15) is 5.75 Å². The van der Waals surface area contributed by atoms with Crippen molar-refractivity contribution < 1.29 is 9.42 Å². The van der Waals surface area contributed by atoms with E-state index in [2.05, 4.69) is 39.0 Å². The third-order valence-electron chi connectivity index (χ3n) is 6.63. The lowest BCUT2D eigenvalue weighted by Crippen LogP contribution is -2.15. The predicted molar refractivity (Wildman–Crippen MR) is 153 cm³/mol. The number of hydrogen-bond donors (Lipinski definition) is 1. The van der Waals surface area contributed by atoms with Crippen LogP contribution >= 0.6 is 6.49 Å². The molecule has 0 aromatic heterocycles. The summed E-state index contributed by atoms with van der Waals surface area (Å²) in [6.07, 6.45) is 17.7. The van der Waals surface area contributed by atoms with Crippen LogP contribution in [0.5, 0.6) is 5.75 Å². The molecule has 0 aliphatic heterocycles. The van der Waals surface area contributed by atoms with Crippen LogP contribution < -0.4 is 9.83 Å². The molecular weight excluding hydrogens is 455 g/mol. The van der Waals surface area contributed by atoms with E-state index in [0.717, 1.165) is 48.7 Å². The van der Waals surface area contributed by atoms with Crippen molar-refractivity contribution in [2.45, 2.75) is 117 Å². The Morgan fingerprint density at radius 2 is 1.18 bits per heavy atom. The molecular formula is C30H47O2PS. The second-order valence-corrected chi connectivity index (χ2v) is 12.8. The Balaban J connectivity index is 2.25. The van der Waals surface area contributed by atoms with E-state index in [1.54, 1.807) is 0 Å². The second kappa shape index (κ2) is 16.5. The smallest absolute Gasteiger partial charge is 0.266 e. The Morgan fingerprint density at radius 3 is 1.79 bits per heavy atom. The normalized spacial score (nSPS) is 13.1. The average Bonchev–Trinajstić information content (AvgIpc) is 2.83. The largest absolute Gasteiger partial charge is 0.440 e. The van der Waals surface area contributed by atoms with Gasteiger partial charge >= 0.3 is 0 Å². The van der Waals surface area contributed by atoms with Gasteiger partial charge in [0.2, 0.25) is 0 Å². The number of benzene rings is 2. The zero-order valence-electron chi connectivity index (χ0n) is 21.9. The van der Waals surface area contributed by atoms with Gasteiger partial charge in [-0.1, -0.05) is 109 Å². The van der Waals surface area contributed by atoms with Gasteiger partial charge in [-0.3, -0.25) is 0 Å². The summed E-state index contributed by atoms with van der Waals surface area (Å²) in [7, 11) is 0. The number of unbranched alkanes of at least 4 members (excludes halogenated alkanes) is 9. The van der Waals surface area contributed by atoms with Crippen LogP contribution in [0.3, 0.4) is 0 Å². The quantitative estimate of drug-likeness (QED) is 0.163. The zero-order chi connectivity index (χ0) is 24.7. The average molecular weight is 503 g/mol. The Bertz CT molecular complexity index is 880. The molecule has 0 aliphatic rings. The van der Waals surface area contributed by atoms with Crippen LogP contribution in [0.25, 0.3) is 0 Å². The maximum atomic E-state index is 11.5. The summed E-state index contributed by atoms with van der Waals surface area (Å²) in [5, 5.41) is 0.826. The van der Waals surface area contributed by atoms with Gasteiger partial charge in [0.25, 0.3) is 6.49 Å². The first-order chi connectivity index (χ1) is 16.5. The third-order valence-corrected chi connectivity index (χ3v) is 8.93. The van der Waals surface area contributed by atoms with Crippen LogP contribution in [-0.4, -0.2) is 4.89 Å². The molecule has 4 heteroatoms. The van der Waals surface area contributed by atoms with Gasteiger partial charge in [-0.25, -0.2) is 0 Å². The Labute approximate surface area is 214 Å². The van der Waals surface area contributed by atoms with Crippen molar-refractivity contribution in [1.82, 2.24) is 0 Å². The Morgan fingerprint density at radius 1 is 0.647 bits per heavy atom. The first-order valence-corrected chi connectivity index (χ1v) is 16.4. The summed E-state index contributed by atoms with van der Waals surface area (Å²) in [4.78, 5) is 11.5. The molecule has 0 fully saturated rings. The van der Waals surface area contributed by atoms with Crippen molar-refractivity contribution in [3.05, 3.63) is 59.2 Å². The molecule has 2 aromatic carbocycles. The zero-order valence-corrected chi connectivity index (χ0v) is 23.6. The minimum atomic E-state index is -3.15. The molecule has 0 bridgehead atoms. The van der Waals surface area contributed by atoms with Crippen molar-refractivity contribution in [1.29, 1.82) is 0 Å². The molecule has 34 heavy (non-hydrogen) atoms. The topological polar surface area (TPSA) is 29.5 Å². The molecule has 2 nitrogen and oxygen atoms in total. The molecule has 0 spiro atoms. The molecule has 0 saturated carbocycles. The van der Waals surface area contributed by atoms with Crippen molar-refractivity contribution in [2.75, 3.05) is 0 Å².